The molecule has 0 saturated heterocycles. The maximum atomic E-state index is 8.94. The third-order valence-electron chi connectivity index (χ3n) is 2.72. The highest BCUT2D eigenvalue weighted by Crippen LogP contribution is 2.21. The number of hydrogen-bond acceptors (Lipinski definition) is 2. The summed E-state index contributed by atoms with van der Waals surface area (Å²) >= 11 is 0. The van der Waals surface area contributed by atoms with E-state index in [1.807, 2.05) is 13.0 Å². The zero-order valence-corrected chi connectivity index (χ0v) is 9.83. The Kier molecular flexibility index (Phi) is 4.30. The van der Waals surface area contributed by atoms with Gasteiger partial charge in [-0.15, -0.1) is 0 Å². The largest absolute Gasteiger partial charge is 0.395 e. The normalized spacial score (nSPS) is 13.9. The predicted octanol–water partition coefficient (Wildman–Crippen LogP) is 1.93. The molecule has 0 unspecified atom stereocenters. The molecule has 0 aliphatic rings. The highest BCUT2D eigenvalue weighted by molar-refractivity contribution is 5.23. The Morgan fingerprint density at radius 3 is 2.40 bits per heavy atom. The van der Waals surface area contributed by atoms with Gasteiger partial charge in [0, 0.05) is 18.0 Å². The minimum atomic E-state index is 0.102. The second kappa shape index (κ2) is 5.29. The van der Waals surface area contributed by atoms with E-state index in [9.17, 15) is 0 Å². The monoisotopic (exact) mass is 207 g/mol. The average Bonchev–Trinajstić information content (AvgIpc) is 2.27. The Morgan fingerprint density at radius 1 is 1.27 bits per heavy atom. The van der Waals surface area contributed by atoms with E-state index in [1.54, 1.807) is 0 Å². The number of aliphatic hydroxyl groups excluding tert-OH is 1. The van der Waals surface area contributed by atoms with Gasteiger partial charge in [-0.05, 0) is 12.5 Å². The van der Waals surface area contributed by atoms with Crippen LogP contribution in [0.4, 0.5) is 0 Å². The smallest absolute Gasteiger partial charge is 0.0581 e. The number of aliphatic hydroxyl groups is 1. The molecule has 1 atom stereocenters. The Bertz CT molecular complexity index is 282. The fraction of sp³-hybridized carbons (Fsp3) is 0.538. The van der Waals surface area contributed by atoms with Crippen molar-refractivity contribution in [1.82, 2.24) is 5.32 Å². The summed E-state index contributed by atoms with van der Waals surface area (Å²) in [5.41, 5.74) is 1.42. The first-order valence-corrected chi connectivity index (χ1v) is 5.46. The lowest BCUT2D eigenvalue weighted by atomic mass is 9.84. The second-order valence-electron chi connectivity index (χ2n) is 4.71. The first-order valence-electron chi connectivity index (χ1n) is 5.46. The lowest BCUT2D eigenvalue weighted by molar-refractivity contribution is 0.245. The number of benzene rings is 1. The van der Waals surface area contributed by atoms with Gasteiger partial charge in [-0.1, -0.05) is 44.2 Å². The van der Waals surface area contributed by atoms with Crippen molar-refractivity contribution in [2.75, 3.05) is 13.2 Å². The lowest BCUT2D eigenvalue weighted by Gasteiger charge is -2.27. The molecule has 1 aromatic rings. The van der Waals surface area contributed by atoms with Crippen LogP contribution in [0.1, 0.15) is 26.3 Å². The van der Waals surface area contributed by atoms with Gasteiger partial charge < -0.3 is 10.4 Å². The number of nitrogens with one attached hydrogen (secondary N) is 1. The van der Waals surface area contributed by atoms with E-state index in [-0.39, 0.29) is 18.1 Å². The molecular formula is C13H21NO. The van der Waals surface area contributed by atoms with Crippen molar-refractivity contribution in [3.8, 4) is 0 Å². The number of hydrogen-bond donors (Lipinski definition) is 2. The minimum Gasteiger partial charge on any atom is -0.395 e. The maximum Gasteiger partial charge on any atom is 0.0581 e. The fourth-order valence-corrected chi connectivity index (χ4v) is 1.49. The Labute approximate surface area is 92.3 Å². The van der Waals surface area contributed by atoms with Crippen molar-refractivity contribution in [2.45, 2.75) is 32.2 Å². The van der Waals surface area contributed by atoms with Crippen LogP contribution in [0, 0.1) is 0 Å². The molecule has 0 aliphatic heterocycles. The maximum absolute atomic E-state index is 8.94. The third-order valence-corrected chi connectivity index (χ3v) is 2.72. The summed E-state index contributed by atoms with van der Waals surface area (Å²) in [4.78, 5) is 0. The molecule has 0 amide bonds. The minimum absolute atomic E-state index is 0.102. The molecule has 0 aliphatic carbocycles. The van der Waals surface area contributed by atoms with Crippen LogP contribution in [-0.4, -0.2) is 24.3 Å². The van der Waals surface area contributed by atoms with Crippen LogP contribution in [0.2, 0.25) is 0 Å². The van der Waals surface area contributed by atoms with Gasteiger partial charge in [0.05, 0.1) is 6.61 Å². The zero-order chi connectivity index (χ0) is 11.3. The molecule has 15 heavy (non-hydrogen) atoms. The SMILES string of the molecule is C[C@@H](CO)NCC(C)(C)c1ccccc1. The average molecular weight is 207 g/mol. The van der Waals surface area contributed by atoms with Gasteiger partial charge in [-0.3, -0.25) is 0 Å². The zero-order valence-electron chi connectivity index (χ0n) is 9.83. The lowest BCUT2D eigenvalue weighted by Crippen LogP contribution is -2.39. The summed E-state index contributed by atoms with van der Waals surface area (Å²) in [6, 6.07) is 10.6. The van der Waals surface area contributed by atoms with Crippen molar-refractivity contribution < 1.29 is 5.11 Å². The molecule has 0 aromatic heterocycles. The summed E-state index contributed by atoms with van der Waals surface area (Å²) in [6.45, 7) is 7.46. The highest BCUT2D eigenvalue weighted by atomic mass is 16.3. The standard InChI is InChI=1S/C13H21NO/c1-11(9-15)14-10-13(2,3)12-7-5-4-6-8-12/h4-8,11,14-15H,9-10H2,1-3H3/t11-/m0/s1. The van der Waals surface area contributed by atoms with Crippen molar-refractivity contribution in [3.63, 3.8) is 0 Å². The molecule has 1 aromatic carbocycles. The quantitative estimate of drug-likeness (QED) is 0.773. The molecule has 1 rings (SSSR count). The fourth-order valence-electron chi connectivity index (χ4n) is 1.49. The second-order valence-corrected chi connectivity index (χ2v) is 4.71. The molecule has 84 valence electrons. The summed E-state index contributed by atoms with van der Waals surface area (Å²) in [5, 5.41) is 12.3. The summed E-state index contributed by atoms with van der Waals surface area (Å²) < 4.78 is 0. The molecule has 0 saturated carbocycles. The van der Waals surface area contributed by atoms with Crippen LogP contribution in [0.5, 0.6) is 0 Å². The van der Waals surface area contributed by atoms with Crippen LogP contribution >= 0.6 is 0 Å². The summed E-state index contributed by atoms with van der Waals surface area (Å²) in [6.07, 6.45) is 0. The molecule has 0 heterocycles. The Balaban J connectivity index is 2.59. The van der Waals surface area contributed by atoms with Crippen LogP contribution in [0.3, 0.4) is 0 Å². The summed E-state index contributed by atoms with van der Waals surface area (Å²) in [7, 11) is 0. The van der Waals surface area contributed by atoms with Gasteiger partial charge in [0.25, 0.3) is 0 Å². The molecule has 0 spiro atoms. The van der Waals surface area contributed by atoms with Crippen molar-refractivity contribution >= 4 is 0 Å². The van der Waals surface area contributed by atoms with Crippen LogP contribution in [0.25, 0.3) is 0 Å². The van der Waals surface area contributed by atoms with Crippen molar-refractivity contribution in [1.29, 1.82) is 0 Å². The first-order chi connectivity index (χ1) is 7.06. The topological polar surface area (TPSA) is 32.3 Å². The number of rotatable bonds is 5. The van der Waals surface area contributed by atoms with Gasteiger partial charge >= 0.3 is 0 Å². The highest BCUT2D eigenvalue weighted by Gasteiger charge is 2.20. The van der Waals surface area contributed by atoms with Crippen molar-refractivity contribution in [2.24, 2.45) is 0 Å². The van der Waals surface area contributed by atoms with E-state index in [4.69, 9.17) is 5.11 Å². The Morgan fingerprint density at radius 2 is 1.87 bits per heavy atom. The van der Waals surface area contributed by atoms with E-state index in [1.165, 1.54) is 5.56 Å². The molecule has 0 radical (unpaired) electrons. The van der Waals surface area contributed by atoms with Crippen LogP contribution in [-0.2, 0) is 5.41 Å². The molecule has 0 fully saturated rings. The van der Waals surface area contributed by atoms with Gasteiger partial charge in [0.1, 0.15) is 0 Å². The van der Waals surface area contributed by atoms with Gasteiger partial charge in [0.15, 0.2) is 0 Å². The first kappa shape index (κ1) is 12.2. The van der Waals surface area contributed by atoms with Crippen molar-refractivity contribution in [3.05, 3.63) is 35.9 Å². The van der Waals surface area contributed by atoms with Gasteiger partial charge in [-0.25, -0.2) is 0 Å². The molecule has 2 N–H and O–H groups in total. The molecule has 2 heteroatoms. The molecular weight excluding hydrogens is 186 g/mol. The predicted molar refractivity (Wildman–Crippen MR) is 64.0 cm³/mol. The third kappa shape index (κ3) is 3.65. The Hall–Kier alpha value is -0.860. The van der Waals surface area contributed by atoms with Gasteiger partial charge in [-0.2, -0.15) is 0 Å². The van der Waals surface area contributed by atoms with E-state index in [0.717, 1.165) is 6.54 Å². The van der Waals surface area contributed by atoms with Gasteiger partial charge in [0.2, 0.25) is 0 Å². The van der Waals surface area contributed by atoms with E-state index >= 15 is 0 Å². The van der Waals surface area contributed by atoms with E-state index in [2.05, 4.69) is 43.4 Å². The van der Waals surface area contributed by atoms with Crippen LogP contribution < -0.4 is 5.32 Å². The molecule has 0 bridgehead atoms. The van der Waals surface area contributed by atoms with E-state index < -0.39 is 0 Å². The van der Waals surface area contributed by atoms with E-state index in [0.29, 0.717) is 0 Å². The molecule has 2 nitrogen and oxygen atoms in total. The van der Waals surface area contributed by atoms with Crippen LogP contribution in [0.15, 0.2) is 30.3 Å². The summed E-state index contributed by atoms with van der Waals surface area (Å²) in [5.74, 6) is 0.